The maximum atomic E-state index is 14.0. The molecular formula is C50H34B2N2O4. The Labute approximate surface area is 336 Å². The predicted molar refractivity (Wildman–Crippen MR) is 237 cm³/mol. The molecule has 0 saturated heterocycles. The predicted octanol–water partition coefficient (Wildman–Crippen LogP) is 7.85. The Morgan fingerprint density at radius 1 is 0.414 bits per heavy atom. The molecular weight excluding hydrogens is 714 g/mol. The summed E-state index contributed by atoms with van der Waals surface area (Å²) in [6.07, 6.45) is -0.823. The normalized spacial score (nSPS) is 14.4. The standard InChI is InChI=1S/C50H34B2N2O4/c1-27-11-9-12-28(2)45(27)51-35-15-5-7-17-39(35)53-47-37(51)23-19-33-31(21-25-41(43(33)47)57-49(53)55)32-22-26-42-44-34(32)20-24-38-48(44)54(50(56)58-42)40-18-8-6-16-36(40)52(38)46-29(3)13-10-14-30(46)4/h5-26H,1-4H3. The second-order valence-corrected chi connectivity index (χ2v) is 16.1. The molecule has 4 aliphatic heterocycles. The third kappa shape index (κ3) is 4.24. The zero-order chi connectivity index (χ0) is 39.1. The highest BCUT2D eigenvalue weighted by atomic mass is 16.6. The Morgan fingerprint density at radius 2 is 0.810 bits per heavy atom. The van der Waals surface area contributed by atoms with Crippen molar-refractivity contribution in [3.63, 3.8) is 0 Å². The highest BCUT2D eigenvalue weighted by Gasteiger charge is 2.45. The number of hydrogen-bond donors (Lipinski definition) is 0. The Bertz CT molecular complexity index is 2960. The lowest BCUT2D eigenvalue weighted by atomic mass is 9.33. The van der Waals surface area contributed by atoms with Gasteiger partial charge in [-0.15, -0.1) is 0 Å². The first-order chi connectivity index (χ1) is 28.3. The van der Waals surface area contributed by atoms with Crippen LogP contribution in [0.4, 0.5) is 32.3 Å². The molecule has 6 nitrogen and oxygen atoms in total. The Hall–Kier alpha value is -7.05. The van der Waals surface area contributed by atoms with Crippen LogP contribution in [0.1, 0.15) is 22.3 Å². The monoisotopic (exact) mass is 748 g/mol. The number of carbonyl (C=O) groups is 2. The van der Waals surface area contributed by atoms with E-state index in [1.165, 1.54) is 33.2 Å². The van der Waals surface area contributed by atoms with Crippen LogP contribution >= 0.6 is 0 Å². The molecule has 0 saturated carbocycles. The Kier molecular flexibility index (Phi) is 6.71. The van der Waals surface area contributed by atoms with Gasteiger partial charge in [-0.3, -0.25) is 0 Å². The molecule has 8 aromatic carbocycles. The van der Waals surface area contributed by atoms with E-state index in [1.807, 2.05) is 48.5 Å². The van der Waals surface area contributed by atoms with Crippen LogP contribution in [0.5, 0.6) is 11.5 Å². The summed E-state index contributed by atoms with van der Waals surface area (Å²) < 4.78 is 12.4. The van der Waals surface area contributed by atoms with Crippen molar-refractivity contribution in [2.24, 2.45) is 0 Å². The van der Waals surface area contributed by atoms with Gasteiger partial charge in [0.1, 0.15) is 11.5 Å². The van der Waals surface area contributed by atoms with Crippen LogP contribution in [0.15, 0.2) is 133 Å². The van der Waals surface area contributed by atoms with Gasteiger partial charge in [-0.25, -0.2) is 19.4 Å². The lowest BCUT2D eigenvalue weighted by Gasteiger charge is -2.39. The third-order valence-corrected chi connectivity index (χ3v) is 13.1. The average molecular weight is 748 g/mol. The number of amides is 2. The molecule has 4 heterocycles. The molecule has 8 heteroatoms. The van der Waals surface area contributed by atoms with Crippen molar-refractivity contribution in [1.29, 1.82) is 0 Å². The van der Waals surface area contributed by atoms with E-state index in [4.69, 9.17) is 9.47 Å². The Balaban J connectivity index is 1.13. The summed E-state index contributed by atoms with van der Waals surface area (Å²) in [5.41, 5.74) is 17.0. The van der Waals surface area contributed by atoms with Crippen LogP contribution in [0.25, 0.3) is 32.7 Å². The van der Waals surface area contributed by atoms with Gasteiger partial charge in [-0.2, -0.15) is 0 Å². The van der Waals surface area contributed by atoms with Crippen molar-refractivity contribution >= 4 is 103 Å². The fourth-order valence-electron chi connectivity index (χ4n) is 10.7. The number of fused-ring (bicyclic) bond motifs is 4. The van der Waals surface area contributed by atoms with Crippen molar-refractivity contribution in [2.45, 2.75) is 27.7 Å². The van der Waals surface area contributed by atoms with E-state index in [0.29, 0.717) is 11.5 Å². The summed E-state index contributed by atoms with van der Waals surface area (Å²) in [6.45, 7) is 8.54. The lowest BCUT2D eigenvalue weighted by molar-refractivity contribution is 0.209. The average Bonchev–Trinajstić information content (AvgIpc) is 3.22. The van der Waals surface area contributed by atoms with Gasteiger partial charge in [0.05, 0.1) is 11.4 Å². The van der Waals surface area contributed by atoms with Crippen LogP contribution in [-0.2, 0) is 0 Å². The molecule has 12 rings (SSSR count). The highest BCUT2D eigenvalue weighted by Crippen LogP contribution is 2.50. The first-order valence-electron chi connectivity index (χ1n) is 19.8. The minimum Gasteiger partial charge on any atom is -0.409 e. The van der Waals surface area contributed by atoms with Gasteiger partial charge in [0.2, 0.25) is 13.4 Å². The summed E-state index contributed by atoms with van der Waals surface area (Å²) in [5.74, 6) is 1.09. The summed E-state index contributed by atoms with van der Waals surface area (Å²) in [6, 6.07) is 46.1. The molecule has 0 radical (unpaired) electrons. The van der Waals surface area contributed by atoms with Gasteiger partial charge >= 0.3 is 12.2 Å². The largest absolute Gasteiger partial charge is 0.424 e. The molecule has 8 aromatic rings. The van der Waals surface area contributed by atoms with Crippen molar-refractivity contribution in [3.05, 3.63) is 156 Å². The van der Waals surface area contributed by atoms with Gasteiger partial charge < -0.3 is 9.47 Å². The maximum Gasteiger partial charge on any atom is 0.424 e. The zero-order valence-corrected chi connectivity index (χ0v) is 32.4. The molecule has 0 aromatic heterocycles. The zero-order valence-electron chi connectivity index (χ0n) is 32.4. The molecule has 0 N–H and O–H groups in total. The van der Waals surface area contributed by atoms with E-state index in [2.05, 4.69) is 113 Å². The van der Waals surface area contributed by atoms with Gasteiger partial charge in [-0.1, -0.05) is 142 Å². The second kappa shape index (κ2) is 11.7. The maximum absolute atomic E-state index is 14.0. The number of rotatable bonds is 3. The van der Waals surface area contributed by atoms with E-state index >= 15 is 0 Å². The Morgan fingerprint density at radius 3 is 1.22 bits per heavy atom. The molecule has 2 amide bonds. The first-order valence-corrected chi connectivity index (χ1v) is 19.8. The fraction of sp³-hybridized carbons (Fsp3) is 0.0800. The van der Waals surface area contributed by atoms with E-state index < -0.39 is 12.2 Å². The number of para-hydroxylation sites is 2. The summed E-state index contributed by atoms with van der Waals surface area (Å²) in [4.78, 5) is 31.6. The summed E-state index contributed by atoms with van der Waals surface area (Å²) >= 11 is 0. The number of nitrogens with zero attached hydrogens (tertiary/aromatic N) is 2. The van der Waals surface area contributed by atoms with E-state index in [1.54, 1.807) is 9.80 Å². The van der Waals surface area contributed by atoms with Gasteiger partial charge in [0.15, 0.2) is 0 Å². The SMILES string of the molecule is Cc1cccc(C)c1B1c2ccccc2N2C(=O)Oc3ccc(-c4ccc5c6c7c(ccc46)B(c4c(C)cccc4C)c4ccccc4N7C(=O)O5)c4ccc1c2c34. The third-order valence-electron chi connectivity index (χ3n) is 13.1. The number of benzene rings is 8. The minimum atomic E-state index is -0.411. The van der Waals surface area contributed by atoms with E-state index in [9.17, 15) is 9.59 Å². The van der Waals surface area contributed by atoms with Crippen LogP contribution < -0.4 is 52.1 Å². The van der Waals surface area contributed by atoms with Crippen molar-refractivity contribution < 1.29 is 19.1 Å². The van der Waals surface area contributed by atoms with Crippen LogP contribution in [0.3, 0.4) is 0 Å². The molecule has 0 aliphatic carbocycles. The molecule has 0 spiro atoms. The molecule has 0 atom stereocenters. The smallest absolute Gasteiger partial charge is 0.409 e. The summed E-state index contributed by atoms with van der Waals surface area (Å²) in [7, 11) is 0. The number of hydrogen-bond acceptors (Lipinski definition) is 4. The van der Waals surface area contributed by atoms with Crippen molar-refractivity contribution in [3.8, 4) is 22.6 Å². The summed E-state index contributed by atoms with van der Waals surface area (Å²) in [5, 5.41) is 3.76. The highest BCUT2D eigenvalue weighted by molar-refractivity contribution is 6.99. The van der Waals surface area contributed by atoms with E-state index in [-0.39, 0.29) is 13.4 Å². The van der Waals surface area contributed by atoms with Crippen LogP contribution in [0.2, 0.25) is 0 Å². The van der Waals surface area contributed by atoms with Gasteiger partial charge in [0.25, 0.3) is 0 Å². The van der Waals surface area contributed by atoms with E-state index in [0.717, 1.165) is 77.3 Å². The number of aryl methyl sites for hydroxylation is 4. The van der Waals surface area contributed by atoms with Gasteiger partial charge in [-0.05, 0) is 95.7 Å². The van der Waals surface area contributed by atoms with Crippen LogP contribution in [-0.4, -0.2) is 25.6 Å². The quantitative estimate of drug-likeness (QED) is 0.173. The number of ether oxygens (including phenoxy) is 2. The fourth-order valence-corrected chi connectivity index (χ4v) is 10.7. The number of carbonyl (C=O) groups excluding carboxylic acids is 2. The van der Waals surface area contributed by atoms with Crippen molar-refractivity contribution in [2.75, 3.05) is 9.80 Å². The molecule has 0 unspecified atom stereocenters. The molecule has 58 heavy (non-hydrogen) atoms. The first kappa shape index (κ1) is 33.1. The molecule has 0 bridgehead atoms. The van der Waals surface area contributed by atoms with Crippen molar-refractivity contribution in [1.82, 2.24) is 0 Å². The molecule has 4 aliphatic rings. The van der Waals surface area contributed by atoms with Crippen LogP contribution in [0, 0.1) is 27.7 Å². The number of anilines is 4. The lowest BCUT2D eigenvalue weighted by Crippen LogP contribution is -2.60. The second-order valence-electron chi connectivity index (χ2n) is 16.1. The molecule has 274 valence electrons. The minimum absolute atomic E-state index is 0.0756. The van der Waals surface area contributed by atoms with Gasteiger partial charge in [0, 0.05) is 22.1 Å². The molecule has 0 fully saturated rings. The topological polar surface area (TPSA) is 59.1 Å².